The molecule has 136 valence electrons. The van der Waals surface area contributed by atoms with E-state index in [0.717, 1.165) is 16.9 Å². The lowest BCUT2D eigenvalue weighted by Crippen LogP contribution is -2.24. The molecule has 0 radical (unpaired) electrons. The molecule has 0 atom stereocenters. The van der Waals surface area contributed by atoms with E-state index >= 15 is 0 Å². The summed E-state index contributed by atoms with van der Waals surface area (Å²) in [6.45, 7) is 2.49. The second-order valence-corrected chi connectivity index (χ2v) is 6.02. The van der Waals surface area contributed by atoms with Gasteiger partial charge in [-0.05, 0) is 12.5 Å². The monoisotopic (exact) mass is 373 g/mol. The van der Waals surface area contributed by atoms with E-state index in [1.165, 1.54) is 0 Å². The van der Waals surface area contributed by atoms with Crippen molar-refractivity contribution in [1.82, 2.24) is 10.3 Å². The van der Waals surface area contributed by atoms with Gasteiger partial charge >= 0.3 is 12.1 Å². The maximum absolute atomic E-state index is 11.8. The average Bonchev–Trinajstić information content (AvgIpc) is 3.01. The summed E-state index contributed by atoms with van der Waals surface area (Å²) in [5.41, 5.74) is 6.66. The number of benzene rings is 1. The molecule has 1 aromatic heterocycles. The van der Waals surface area contributed by atoms with Gasteiger partial charge in [0.25, 0.3) is 0 Å². The van der Waals surface area contributed by atoms with Crippen LogP contribution in [0.15, 0.2) is 30.3 Å². The minimum absolute atomic E-state index is 0.122. The quantitative estimate of drug-likeness (QED) is 0.458. The van der Waals surface area contributed by atoms with Gasteiger partial charge in [-0.2, -0.15) is 0 Å². The second-order valence-electron chi connectivity index (χ2n) is 4.99. The summed E-state index contributed by atoms with van der Waals surface area (Å²) in [6.07, 6.45) is -0.120. The lowest BCUT2D eigenvalue weighted by Gasteiger charge is -2.05. The van der Waals surface area contributed by atoms with E-state index in [0.29, 0.717) is 17.8 Å². The molecule has 1 aromatic carbocycles. The molecule has 26 heavy (non-hydrogen) atoms. The van der Waals surface area contributed by atoms with Crippen LogP contribution in [0.3, 0.4) is 0 Å². The van der Waals surface area contributed by atoms with Gasteiger partial charge in [0, 0.05) is 13.0 Å². The highest BCUT2D eigenvalue weighted by Gasteiger charge is 2.16. The minimum atomic E-state index is -0.549. The first-order valence-electron chi connectivity index (χ1n) is 7.97. The van der Waals surface area contributed by atoms with Crippen LogP contribution < -0.4 is 11.1 Å². The third-order valence-electron chi connectivity index (χ3n) is 3.05. The van der Waals surface area contributed by atoms with Crippen molar-refractivity contribution in [3.05, 3.63) is 46.5 Å². The molecular formula is C18H19N3O4S. The number of ether oxygens (including phenoxy) is 2. The second kappa shape index (κ2) is 10.1. The zero-order valence-corrected chi connectivity index (χ0v) is 15.1. The molecular weight excluding hydrogens is 354 g/mol. The first-order chi connectivity index (χ1) is 12.6. The van der Waals surface area contributed by atoms with Gasteiger partial charge < -0.3 is 20.5 Å². The molecule has 0 unspecified atom stereocenters. The Hall–Kier alpha value is -3.05. The number of rotatable bonds is 6. The lowest BCUT2D eigenvalue weighted by atomic mass is 10.2. The van der Waals surface area contributed by atoms with Crippen LogP contribution in [0.25, 0.3) is 0 Å². The van der Waals surface area contributed by atoms with Crippen LogP contribution in [0.4, 0.5) is 9.93 Å². The predicted molar refractivity (Wildman–Crippen MR) is 98.6 cm³/mol. The van der Waals surface area contributed by atoms with E-state index in [1.54, 1.807) is 6.92 Å². The van der Waals surface area contributed by atoms with Crippen molar-refractivity contribution >= 4 is 28.5 Å². The number of hydrogen-bond acceptors (Lipinski definition) is 7. The van der Waals surface area contributed by atoms with Gasteiger partial charge in [-0.15, -0.1) is 0 Å². The molecule has 1 heterocycles. The van der Waals surface area contributed by atoms with Crippen LogP contribution in [0.5, 0.6) is 0 Å². The van der Waals surface area contributed by atoms with E-state index < -0.39 is 12.1 Å². The number of nitrogens with zero attached hydrogens (tertiary/aromatic N) is 1. The van der Waals surface area contributed by atoms with Crippen LogP contribution in [-0.4, -0.2) is 30.2 Å². The molecule has 0 aliphatic carbocycles. The number of thiazole rings is 1. The van der Waals surface area contributed by atoms with E-state index in [-0.39, 0.29) is 24.0 Å². The SMILES string of the molecule is CCOC(=O)c1nc(N)sc1C#CCCNC(=O)OCc1ccccc1. The molecule has 0 aliphatic heterocycles. The highest BCUT2D eigenvalue weighted by atomic mass is 32.1. The third-order valence-corrected chi connectivity index (χ3v) is 3.85. The zero-order chi connectivity index (χ0) is 18.8. The number of nitrogens with one attached hydrogen (secondary N) is 1. The van der Waals surface area contributed by atoms with Crippen LogP contribution in [0.2, 0.25) is 0 Å². The predicted octanol–water partition coefficient (Wildman–Crippen LogP) is 2.57. The number of hydrogen-bond donors (Lipinski definition) is 2. The molecule has 0 bridgehead atoms. The molecule has 0 fully saturated rings. The molecule has 0 spiro atoms. The third kappa shape index (κ3) is 6.11. The number of esters is 1. The molecule has 2 aromatic rings. The van der Waals surface area contributed by atoms with Crippen LogP contribution >= 0.6 is 11.3 Å². The Morgan fingerprint density at radius 3 is 2.77 bits per heavy atom. The van der Waals surface area contributed by atoms with Gasteiger partial charge in [-0.25, -0.2) is 14.6 Å². The van der Waals surface area contributed by atoms with Crippen LogP contribution in [0.1, 0.15) is 34.3 Å². The van der Waals surface area contributed by atoms with Gasteiger partial charge in [0.2, 0.25) is 0 Å². The highest BCUT2D eigenvalue weighted by Crippen LogP contribution is 2.20. The van der Waals surface area contributed by atoms with Gasteiger partial charge in [0.05, 0.1) is 6.61 Å². The van der Waals surface area contributed by atoms with Crippen molar-refractivity contribution in [2.24, 2.45) is 0 Å². The Balaban J connectivity index is 1.77. The number of anilines is 1. The van der Waals surface area contributed by atoms with Crippen molar-refractivity contribution in [1.29, 1.82) is 0 Å². The summed E-state index contributed by atoms with van der Waals surface area (Å²) in [5, 5.41) is 2.86. The Labute approximate surface area is 155 Å². The largest absolute Gasteiger partial charge is 0.461 e. The van der Waals surface area contributed by atoms with Gasteiger partial charge in [0.1, 0.15) is 11.5 Å². The molecule has 8 heteroatoms. The fourth-order valence-electron chi connectivity index (χ4n) is 1.90. The van der Waals surface area contributed by atoms with Crippen molar-refractivity contribution in [2.45, 2.75) is 20.0 Å². The van der Waals surface area contributed by atoms with E-state index in [9.17, 15) is 9.59 Å². The summed E-state index contributed by atoms with van der Waals surface area (Å²) in [7, 11) is 0. The van der Waals surface area contributed by atoms with Crippen molar-refractivity contribution in [3.63, 3.8) is 0 Å². The molecule has 1 amide bonds. The average molecular weight is 373 g/mol. The van der Waals surface area contributed by atoms with Crippen LogP contribution in [-0.2, 0) is 16.1 Å². The van der Waals surface area contributed by atoms with Gasteiger partial charge in [-0.1, -0.05) is 53.5 Å². The minimum Gasteiger partial charge on any atom is -0.461 e. The Bertz CT molecular complexity index is 809. The Kier molecular flexibility index (Phi) is 7.46. The molecule has 7 nitrogen and oxygen atoms in total. The molecule has 0 aliphatic rings. The Morgan fingerprint density at radius 1 is 1.27 bits per heavy atom. The van der Waals surface area contributed by atoms with E-state index in [2.05, 4.69) is 22.1 Å². The number of carbonyl (C=O) groups is 2. The number of carbonyl (C=O) groups excluding carboxylic acids is 2. The number of aromatic nitrogens is 1. The van der Waals surface area contributed by atoms with E-state index in [1.807, 2.05) is 30.3 Å². The maximum atomic E-state index is 11.8. The fraction of sp³-hybridized carbons (Fsp3) is 0.278. The topological polar surface area (TPSA) is 104 Å². The number of amides is 1. The van der Waals surface area contributed by atoms with E-state index in [4.69, 9.17) is 15.2 Å². The normalized spacial score (nSPS) is 9.73. The van der Waals surface area contributed by atoms with Crippen LogP contribution in [0, 0.1) is 11.8 Å². The van der Waals surface area contributed by atoms with Gasteiger partial charge in [-0.3, -0.25) is 0 Å². The van der Waals surface area contributed by atoms with Crippen molar-refractivity contribution < 1.29 is 19.1 Å². The Morgan fingerprint density at radius 2 is 2.04 bits per heavy atom. The zero-order valence-electron chi connectivity index (χ0n) is 14.3. The number of nitrogen functional groups attached to an aromatic ring is 1. The number of nitrogens with two attached hydrogens (primary N) is 1. The first-order valence-corrected chi connectivity index (χ1v) is 8.78. The summed E-state index contributed by atoms with van der Waals surface area (Å²) < 4.78 is 10.0. The standard InChI is InChI=1S/C18H19N3O4S/c1-2-24-16(22)15-14(26-17(19)21-15)10-6-7-11-20-18(23)25-12-13-8-4-3-5-9-13/h3-5,8-9H,2,7,11-12H2,1H3,(H2,19,21)(H,20,23). The molecule has 2 rings (SSSR count). The highest BCUT2D eigenvalue weighted by molar-refractivity contribution is 7.16. The summed E-state index contributed by atoms with van der Waals surface area (Å²) in [4.78, 5) is 27.8. The lowest BCUT2D eigenvalue weighted by molar-refractivity contribution is 0.0520. The summed E-state index contributed by atoms with van der Waals surface area (Å²) in [6, 6.07) is 9.40. The first kappa shape index (κ1) is 19.3. The van der Waals surface area contributed by atoms with Gasteiger partial charge in [0.15, 0.2) is 10.8 Å². The number of alkyl carbamates (subject to hydrolysis) is 1. The smallest absolute Gasteiger partial charge is 0.407 e. The molecule has 0 saturated heterocycles. The summed E-state index contributed by atoms with van der Waals surface area (Å²) >= 11 is 1.12. The fourth-order valence-corrected chi connectivity index (χ4v) is 2.60. The molecule has 0 saturated carbocycles. The summed E-state index contributed by atoms with van der Waals surface area (Å²) in [5.74, 6) is 5.16. The maximum Gasteiger partial charge on any atom is 0.407 e. The van der Waals surface area contributed by atoms with Crippen molar-refractivity contribution in [2.75, 3.05) is 18.9 Å². The van der Waals surface area contributed by atoms with Crippen molar-refractivity contribution in [3.8, 4) is 11.8 Å². The molecule has 3 N–H and O–H groups in total.